The van der Waals surface area contributed by atoms with E-state index < -0.39 is 0 Å². The van der Waals surface area contributed by atoms with Crippen LogP contribution >= 0.6 is 11.3 Å². The first-order valence-electron chi connectivity index (χ1n) is 6.93. The summed E-state index contributed by atoms with van der Waals surface area (Å²) < 4.78 is 5.41. The van der Waals surface area contributed by atoms with Gasteiger partial charge in [-0.3, -0.25) is 0 Å². The van der Waals surface area contributed by atoms with E-state index >= 15 is 0 Å². The van der Waals surface area contributed by atoms with Gasteiger partial charge in [0, 0.05) is 23.0 Å². The highest BCUT2D eigenvalue weighted by molar-refractivity contribution is 7.09. The second-order valence-corrected chi connectivity index (χ2v) is 6.22. The summed E-state index contributed by atoms with van der Waals surface area (Å²) in [5.41, 5.74) is 5.41. The second kappa shape index (κ2) is 5.81. The lowest BCUT2D eigenvalue weighted by molar-refractivity contribution is 0.221. The number of carbonyl (C=O) groups is 1. The van der Waals surface area contributed by atoms with Crippen molar-refractivity contribution in [3.05, 3.63) is 46.1 Å². The van der Waals surface area contributed by atoms with Crippen molar-refractivity contribution in [1.82, 2.24) is 9.88 Å². The Kier molecular flexibility index (Phi) is 3.85. The molecule has 2 heterocycles. The van der Waals surface area contributed by atoms with Crippen molar-refractivity contribution in [1.29, 1.82) is 0 Å². The van der Waals surface area contributed by atoms with Gasteiger partial charge in [0.15, 0.2) is 0 Å². The molecule has 2 amide bonds. The van der Waals surface area contributed by atoms with Gasteiger partial charge in [0.1, 0.15) is 5.58 Å². The van der Waals surface area contributed by atoms with Gasteiger partial charge in [-0.1, -0.05) is 0 Å². The van der Waals surface area contributed by atoms with Crippen LogP contribution in [0.25, 0.3) is 11.0 Å². The van der Waals surface area contributed by atoms with Crippen LogP contribution in [0.1, 0.15) is 16.1 Å². The molecule has 0 aliphatic rings. The van der Waals surface area contributed by atoms with E-state index in [0.29, 0.717) is 6.54 Å². The monoisotopic (exact) mass is 315 g/mol. The molecule has 22 heavy (non-hydrogen) atoms. The number of aryl methyl sites for hydroxylation is 2. The summed E-state index contributed by atoms with van der Waals surface area (Å²) in [6.07, 6.45) is 1.72. The van der Waals surface area contributed by atoms with Gasteiger partial charge in [-0.25, -0.2) is 9.78 Å². The van der Waals surface area contributed by atoms with Crippen molar-refractivity contribution in [3.8, 4) is 0 Å². The van der Waals surface area contributed by atoms with Gasteiger partial charge in [-0.05, 0) is 37.6 Å². The van der Waals surface area contributed by atoms with E-state index in [1.165, 1.54) is 0 Å². The minimum atomic E-state index is -0.145. The lowest BCUT2D eigenvalue weighted by atomic mass is 10.2. The Morgan fingerprint density at radius 1 is 1.41 bits per heavy atom. The summed E-state index contributed by atoms with van der Waals surface area (Å²) in [5, 5.41) is 3.93. The zero-order chi connectivity index (χ0) is 15.7. The number of anilines is 1. The van der Waals surface area contributed by atoms with Crippen LogP contribution in [0.4, 0.5) is 10.5 Å². The van der Waals surface area contributed by atoms with E-state index in [1.807, 2.05) is 32.0 Å². The predicted octanol–water partition coefficient (Wildman–Crippen LogP) is 4.17. The molecule has 0 atom stereocenters. The smallest absolute Gasteiger partial charge is 0.321 e. The zero-order valence-corrected chi connectivity index (χ0v) is 13.5. The predicted molar refractivity (Wildman–Crippen MR) is 88.3 cm³/mol. The normalized spacial score (nSPS) is 10.9. The van der Waals surface area contributed by atoms with Crippen LogP contribution in [0.5, 0.6) is 0 Å². The van der Waals surface area contributed by atoms with Gasteiger partial charge < -0.3 is 14.6 Å². The van der Waals surface area contributed by atoms with Gasteiger partial charge in [0.05, 0.1) is 24.0 Å². The SMILES string of the molecule is Cc1ncsc1CN(C)C(=O)Nc1ccc2occ(C)c2c1. The number of aromatic nitrogens is 1. The summed E-state index contributed by atoms with van der Waals surface area (Å²) in [4.78, 5) is 19.2. The summed E-state index contributed by atoms with van der Waals surface area (Å²) in [7, 11) is 1.77. The Bertz CT molecular complexity index is 822. The standard InChI is InChI=1S/C16H17N3O2S/c1-10-8-21-14-5-4-12(6-13(10)14)18-16(20)19(3)7-15-11(2)17-9-22-15/h4-6,8-9H,7H2,1-3H3,(H,18,20). The summed E-state index contributed by atoms with van der Waals surface area (Å²) in [6.45, 7) is 4.48. The number of thiazole rings is 1. The number of hydrogen-bond donors (Lipinski definition) is 1. The Morgan fingerprint density at radius 3 is 2.95 bits per heavy atom. The molecule has 0 bridgehead atoms. The fourth-order valence-corrected chi connectivity index (χ4v) is 3.05. The third kappa shape index (κ3) is 2.82. The van der Waals surface area contributed by atoms with Crippen molar-refractivity contribution < 1.29 is 9.21 Å². The van der Waals surface area contributed by atoms with Crippen molar-refractivity contribution in [2.24, 2.45) is 0 Å². The Labute approximate surface area is 132 Å². The molecular weight excluding hydrogens is 298 g/mol. The van der Waals surface area contributed by atoms with E-state index in [0.717, 1.165) is 32.8 Å². The van der Waals surface area contributed by atoms with E-state index in [4.69, 9.17) is 4.42 Å². The molecule has 0 saturated heterocycles. The van der Waals surface area contributed by atoms with Crippen LogP contribution in [0.15, 0.2) is 34.4 Å². The highest BCUT2D eigenvalue weighted by Crippen LogP contribution is 2.24. The second-order valence-electron chi connectivity index (χ2n) is 5.28. The average molecular weight is 315 g/mol. The van der Waals surface area contributed by atoms with Crippen molar-refractivity contribution in [2.75, 3.05) is 12.4 Å². The minimum Gasteiger partial charge on any atom is -0.464 e. The zero-order valence-electron chi connectivity index (χ0n) is 12.7. The third-order valence-electron chi connectivity index (χ3n) is 3.59. The number of carbonyl (C=O) groups excluding carboxylic acids is 1. The van der Waals surface area contributed by atoms with Gasteiger partial charge >= 0.3 is 6.03 Å². The number of benzene rings is 1. The molecule has 0 aliphatic heterocycles. The van der Waals surface area contributed by atoms with Crippen molar-refractivity contribution in [3.63, 3.8) is 0 Å². The Morgan fingerprint density at radius 2 is 2.23 bits per heavy atom. The molecule has 3 rings (SSSR count). The number of nitrogens with one attached hydrogen (secondary N) is 1. The topological polar surface area (TPSA) is 58.4 Å². The molecule has 0 radical (unpaired) electrons. The van der Waals surface area contributed by atoms with E-state index in [9.17, 15) is 4.79 Å². The van der Waals surface area contributed by atoms with Crippen LogP contribution in [0.3, 0.4) is 0 Å². The molecule has 0 saturated carbocycles. The van der Waals surface area contributed by atoms with Gasteiger partial charge in [0.2, 0.25) is 0 Å². The maximum absolute atomic E-state index is 12.3. The first-order valence-corrected chi connectivity index (χ1v) is 7.81. The molecule has 0 fully saturated rings. The third-order valence-corrected chi connectivity index (χ3v) is 4.51. The van der Waals surface area contributed by atoms with Crippen LogP contribution in [-0.2, 0) is 6.54 Å². The van der Waals surface area contributed by atoms with Crippen LogP contribution in [0.2, 0.25) is 0 Å². The minimum absolute atomic E-state index is 0.145. The fourth-order valence-electron chi connectivity index (χ4n) is 2.22. The largest absolute Gasteiger partial charge is 0.464 e. The molecular formula is C16H17N3O2S. The number of urea groups is 1. The number of fused-ring (bicyclic) bond motifs is 1. The molecule has 114 valence electrons. The summed E-state index contributed by atoms with van der Waals surface area (Å²) >= 11 is 1.56. The van der Waals surface area contributed by atoms with Crippen LogP contribution in [-0.4, -0.2) is 23.0 Å². The van der Waals surface area contributed by atoms with Crippen molar-refractivity contribution in [2.45, 2.75) is 20.4 Å². The van der Waals surface area contributed by atoms with E-state index in [2.05, 4.69) is 10.3 Å². The van der Waals surface area contributed by atoms with E-state index in [1.54, 1.807) is 35.1 Å². The maximum Gasteiger partial charge on any atom is 0.321 e. The molecule has 0 unspecified atom stereocenters. The first kappa shape index (κ1) is 14.6. The molecule has 3 aromatic rings. The number of amides is 2. The number of furan rings is 1. The molecule has 1 aromatic carbocycles. The lowest BCUT2D eigenvalue weighted by Gasteiger charge is -2.17. The molecule has 6 heteroatoms. The van der Waals surface area contributed by atoms with Gasteiger partial charge in [-0.2, -0.15) is 0 Å². The Balaban J connectivity index is 1.72. The van der Waals surface area contributed by atoms with E-state index in [-0.39, 0.29) is 6.03 Å². The average Bonchev–Trinajstić information content (AvgIpc) is 3.06. The highest BCUT2D eigenvalue weighted by Gasteiger charge is 2.13. The van der Waals surface area contributed by atoms with Crippen molar-refractivity contribution >= 4 is 34.0 Å². The molecule has 1 N–H and O–H groups in total. The van der Waals surface area contributed by atoms with Crippen LogP contribution in [0, 0.1) is 13.8 Å². The molecule has 5 nitrogen and oxygen atoms in total. The summed E-state index contributed by atoms with van der Waals surface area (Å²) in [6, 6.07) is 5.49. The maximum atomic E-state index is 12.3. The quantitative estimate of drug-likeness (QED) is 0.789. The van der Waals surface area contributed by atoms with Gasteiger partial charge in [-0.15, -0.1) is 11.3 Å². The molecule has 0 spiro atoms. The number of hydrogen-bond acceptors (Lipinski definition) is 4. The molecule has 0 aliphatic carbocycles. The van der Waals surface area contributed by atoms with Gasteiger partial charge in [0.25, 0.3) is 0 Å². The van der Waals surface area contributed by atoms with Crippen LogP contribution < -0.4 is 5.32 Å². The first-order chi connectivity index (χ1) is 10.5. The number of rotatable bonds is 3. The Hall–Kier alpha value is -2.34. The lowest BCUT2D eigenvalue weighted by Crippen LogP contribution is -2.30. The number of nitrogens with zero attached hydrogens (tertiary/aromatic N) is 2. The highest BCUT2D eigenvalue weighted by atomic mass is 32.1. The summed E-state index contributed by atoms with van der Waals surface area (Å²) in [5.74, 6) is 0. The fraction of sp³-hybridized carbons (Fsp3) is 0.250. The molecule has 2 aromatic heterocycles.